The number of carbonyl (C=O) groups is 3. The molecule has 1 aliphatic heterocycles. The second-order valence-electron chi connectivity index (χ2n) is 5.86. The van der Waals surface area contributed by atoms with Gasteiger partial charge in [-0.05, 0) is 44.0 Å². The Kier molecular flexibility index (Phi) is 6.59. The molecule has 27 heavy (non-hydrogen) atoms. The van der Waals surface area contributed by atoms with E-state index >= 15 is 0 Å². The molecule has 1 unspecified atom stereocenters. The number of ether oxygens (including phenoxy) is 1. The Bertz CT molecular complexity index is 729. The summed E-state index contributed by atoms with van der Waals surface area (Å²) in [6, 6.07) is 5.40. The van der Waals surface area contributed by atoms with Crippen molar-refractivity contribution in [3.8, 4) is 0 Å². The van der Waals surface area contributed by atoms with Crippen LogP contribution in [0.2, 0.25) is 0 Å². The first-order chi connectivity index (χ1) is 12.7. The quantitative estimate of drug-likeness (QED) is 0.603. The molecule has 6 nitrogen and oxygen atoms in total. The molecule has 0 aliphatic carbocycles. The number of ketones is 1. The third-order valence-electron chi connectivity index (χ3n) is 3.96. The van der Waals surface area contributed by atoms with Crippen LogP contribution in [0.25, 0.3) is 0 Å². The van der Waals surface area contributed by atoms with Gasteiger partial charge in [0.2, 0.25) is 5.91 Å². The summed E-state index contributed by atoms with van der Waals surface area (Å²) in [5, 5.41) is 2.66. The average molecular weight is 384 g/mol. The van der Waals surface area contributed by atoms with Gasteiger partial charge in [0.05, 0.1) is 12.2 Å². The Labute approximate surface area is 154 Å². The number of alkyl halides is 3. The molecule has 0 spiro atoms. The van der Waals surface area contributed by atoms with E-state index in [9.17, 15) is 27.6 Å². The van der Waals surface area contributed by atoms with E-state index in [4.69, 9.17) is 4.74 Å². The highest BCUT2D eigenvalue weighted by Crippen LogP contribution is 2.21. The molecule has 1 fully saturated rings. The van der Waals surface area contributed by atoms with Crippen molar-refractivity contribution in [3.05, 3.63) is 42.1 Å². The lowest BCUT2D eigenvalue weighted by atomic mass is 10.1. The van der Waals surface area contributed by atoms with Gasteiger partial charge in [-0.2, -0.15) is 13.2 Å². The molecule has 0 aromatic heterocycles. The highest BCUT2D eigenvalue weighted by Gasteiger charge is 2.37. The van der Waals surface area contributed by atoms with Crippen LogP contribution in [0.3, 0.4) is 0 Å². The van der Waals surface area contributed by atoms with E-state index in [0.717, 1.165) is 6.20 Å². The smallest absolute Gasteiger partial charge is 0.454 e. The highest BCUT2D eigenvalue weighted by atomic mass is 19.4. The van der Waals surface area contributed by atoms with Crippen molar-refractivity contribution in [3.63, 3.8) is 0 Å². The molecule has 9 heteroatoms. The standard InChI is InChI=1S/C18H19F3N2O4/c1-2-27-17(26)12-5-7-13(8-6-12)22-16(25)14-4-3-10-23(14)11-9-15(24)18(19,20)21/h5-9,11,14H,2-4,10H2,1H3,(H,22,25)/b11-9+. The molecule has 0 radical (unpaired) electrons. The van der Waals surface area contributed by atoms with Crippen LogP contribution in [0.4, 0.5) is 18.9 Å². The first-order valence-corrected chi connectivity index (χ1v) is 8.35. The SMILES string of the molecule is CCOC(=O)c1ccc(NC(=O)C2CCCN2/C=C/C(=O)C(F)(F)F)cc1. The Balaban J connectivity index is 1.99. The Hall–Kier alpha value is -2.84. The Morgan fingerprint density at radius 2 is 1.93 bits per heavy atom. The number of amides is 1. The highest BCUT2D eigenvalue weighted by molar-refractivity contribution is 5.97. The van der Waals surface area contributed by atoms with Gasteiger partial charge in [-0.1, -0.05) is 0 Å². The molecule has 1 heterocycles. The minimum atomic E-state index is -4.94. The van der Waals surface area contributed by atoms with Crippen molar-refractivity contribution in [2.24, 2.45) is 0 Å². The van der Waals surface area contributed by atoms with Gasteiger partial charge in [-0.3, -0.25) is 9.59 Å². The first kappa shape index (κ1) is 20.5. The van der Waals surface area contributed by atoms with Crippen LogP contribution in [-0.2, 0) is 14.3 Å². The number of benzene rings is 1. The van der Waals surface area contributed by atoms with E-state index in [2.05, 4.69) is 5.32 Å². The van der Waals surface area contributed by atoms with Crippen LogP contribution in [0.15, 0.2) is 36.5 Å². The molecule has 1 atom stereocenters. The normalized spacial score (nSPS) is 17.2. The summed E-state index contributed by atoms with van der Waals surface area (Å²) < 4.78 is 41.7. The lowest BCUT2D eigenvalue weighted by molar-refractivity contribution is -0.165. The predicted molar refractivity (Wildman–Crippen MR) is 91.0 cm³/mol. The fourth-order valence-electron chi connectivity index (χ4n) is 2.64. The number of carbonyl (C=O) groups excluding carboxylic acids is 3. The fourth-order valence-corrected chi connectivity index (χ4v) is 2.64. The number of nitrogens with one attached hydrogen (secondary N) is 1. The molecule has 1 N–H and O–H groups in total. The predicted octanol–water partition coefficient (Wildman–Crippen LogP) is 2.91. The molecular weight excluding hydrogens is 365 g/mol. The molecular formula is C18H19F3N2O4. The number of allylic oxidation sites excluding steroid dienone is 1. The third kappa shape index (κ3) is 5.57. The maximum absolute atomic E-state index is 12.4. The first-order valence-electron chi connectivity index (χ1n) is 8.35. The minimum Gasteiger partial charge on any atom is -0.462 e. The van der Waals surface area contributed by atoms with E-state index in [1.807, 2.05) is 0 Å². The van der Waals surface area contributed by atoms with Gasteiger partial charge in [0.15, 0.2) is 0 Å². The third-order valence-corrected chi connectivity index (χ3v) is 3.96. The maximum Gasteiger partial charge on any atom is 0.454 e. The van der Waals surface area contributed by atoms with E-state index in [0.29, 0.717) is 36.7 Å². The van der Waals surface area contributed by atoms with Crippen LogP contribution < -0.4 is 5.32 Å². The van der Waals surface area contributed by atoms with Gasteiger partial charge in [0, 0.05) is 24.5 Å². The van der Waals surface area contributed by atoms with E-state index in [-0.39, 0.29) is 6.61 Å². The minimum absolute atomic E-state index is 0.249. The molecule has 0 bridgehead atoms. The number of halogens is 3. The van der Waals surface area contributed by atoms with Gasteiger partial charge in [0.25, 0.3) is 5.78 Å². The molecule has 2 rings (SSSR count). The summed E-state index contributed by atoms with van der Waals surface area (Å²) in [6.45, 7) is 2.32. The van der Waals surface area contributed by atoms with Crippen LogP contribution >= 0.6 is 0 Å². The number of likely N-dealkylation sites (tertiary alicyclic amines) is 1. The van der Waals surface area contributed by atoms with Crippen LogP contribution in [0.1, 0.15) is 30.1 Å². The lowest BCUT2D eigenvalue weighted by Gasteiger charge is -2.22. The Morgan fingerprint density at radius 3 is 2.52 bits per heavy atom. The number of anilines is 1. The average Bonchev–Trinajstić information content (AvgIpc) is 3.08. The number of rotatable bonds is 6. The summed E-state index contributed by atoms with van der Waals surface area (Å²) in [6.07, 6.45) is -2.42. The molecule has 1 aromatic rings. The van der Waals surface area contributed by atoms with Crippen molar-refractivity contribution < 1.29 is 32.3 Å². The van der Waals surface area contributed by atoms with Crippen LogP contribution in [-0.4, -0.2) is 47.9 Å². The van der Waals surface area contributed by atoms with Crippen molar-refractivity contribution >= 4 is 23.3 Å². The summed E-state index contributed by atoms with van der Waals surface area (Å²) in [5.41, 5.74) is 0.779. The van der Waals surface area contributed by atoms with Crippen molar-refractivity contribution in [1.82, 2.24) is 4.90 Å². The van der Waals surface area contributed by atoms with Crippen molar-refractivity contribution in [2.75, 3.05) is 18.5 Å². The largest absolute Gasteiger partial charge is 0.462 e. The zero-order chi connectivity index (χ0) is 20.0. The molecule has 1 amide bonds. The molecule has 146 valence electrons. The Morgan fingerprint density at radius 1 is 1.26 bits per heavy atom. The lowest BCUT2D eigenvalue weighted by Crippen LogP contribution is -2.36. The summed E-state index contributed by atoms with van der Waals surface area (Å²) in [4.78, 5) is 36.4. The second-order valence-corrected chi connectivity index (χ2v) is 5.86. The number of nitrogens with zero attached hydrogens (tertiary/aromatic N) is 1. The molecule has 0 saturated carbocycles. The van der Waals surface area contributed by atoms with Gasteiger partial charge >= 0.3 is 12.1 Å². The van der Waals surface area contributed by atoms with Gasteiger partial charge in [-0.25, -0.2) is 4.79 Å². The zero-order valence-electron chi connectivity index (χ0n) is 14.6. The summed E-state index contributed by atoms with van der Waals surface area (Å²) in [5.74, 6) is -2.85. The van der Waals surface area contributed by atoms with Gasteiger partial charge in [0.1, 0.15) is 6.04 Å². The maximum atomic E-state index is 12.4. The van der Waals surface area contributed by atoms with Gasteiger partial charge in [-0.15, -0.1) is 0 Å². The zero-order valence-corrected chi connectivity index (χ0v) is 14.6. The van der Waals surface area contributed by atoms with Crippen LogP contribution in [0, 0.1) is 0 Å². The summed E-state index contributed by atoms with van der Waals surface area (Å²) >= 11 is 0. The van der Waals surface area contributed by atoms with E-state index in [1.165, 1.54) is 29.2 Å². The number of hydrogen-bond donors (Lipinski definition) is 1. The number of esters is 1. The molecule has 1 aliphatic rings. The topological polar surface area (TPSA) is 75.7 Å². The van der Waals surface area contributed by atoms with E-state index in [1.54, 1.807) is 6.92 Å². The number of hydrogen-bond acceptors (Lipinski definition) is 5. The van der Waals surface area contributed by atoms with Crippen molar-refractivity contribution in [1.29, 1.82) is 0 Å². The molecule has 1 saturated heterocycles. The fraction of sp³-hybridized carbons (Fsp3) is 0.389. The monoisotopic (exact) mass is 384 g/mol. The van der Waals surface area contributed by atoms with Gasteiger partial charge < -0.3 is 15.0 Å². The summed E-state index contributed by atoms with van der Waals surface area (Å²) in [7, 11) is 0. The van der Waals surface area contributed by atoms with E-state index < -0.39 is 29.9 Å². The second kappa shape index (κ2) is 8.70. The molecule has 1 aromatic carbocycles. The van der Waals surface area contributed by atoms with Crippen LogP contribution in [0.5, 0.6) is 0 Å². The van der Waals surface area contributed by atoms with Crippen molar-refractivity contribution in [2.45, 2.75) is 32.0 Å².